The van der Waals surface area contributed by atoms with Crippen molar-refractivity contribution in [2.45, 2.75) is 37.6 Å². The van der Waals surface area contributed by atoms with Crippen LogP contribution in [0.1, 0.15) is 26.7 Å². The van der Waals surface area contributed by atoms with Crippen LogP contribution in [-0.2, 0) is 10.0 Å². The zero-order valence-electron chi connectivity index (χ0n) is 11.1. The molecule has 1 saturated heterocycles. The van der Waals surface area contributed by atoms with E-state index in [-0.39, 0.29) is 22.5 Å². The molecule has 1 heterocycles. The minimum absolute atomic E-state index is 0.0448. The Morgan fingerprint density at radius 1 is 1.42 bits per heavy atom. The van der Waals surface area contributed by atoms with Gasteiger partial charge < -0.3 is 5.73 Å². The molecule has 0 bridgehead atoms. The Labute approximate surface area is 119 Å². The number of hydrogen-bond acceptors (Lipinski definition) is 3. The van der Waals surface area contributed by atoms with Crippen LogP contribution in [0.3, 0.4) is 0 Å². The molecule has 0 amide bonds. The average molecular weight is 303 g/mol. The Balaban J connectivity index is 2.45. The van der Waals surface area contributed by atoms with Gasteiger partial charge in [-0.25, -0.2) is 8.42 Å². The lowest BCUT2D eigenvalue weighted by Crippen LogP contribution is -2.38. The Morgan fingerprint density at radius 2 is 2.11 bits per heavy atom. The van der Waals surface area contributed by atoms with Gasteiger partial charge in [-0.3, -0.25) is 0 Å². The van der Waals surface area contributed by atoms with Crippen LogP contribution in [0.5, 0.6) is 0 Å². The molecule has 6 heteroatoms. The molecule has 0 aliphatic carbocycles. The minimum Gasteiger partial charge on any atom is -0.398 e. The van der Waals surface area contributed by atoms with Crippen molar-refractivity contribution in [3.8, 4) is 0 Å². The van der Waals surface area contributed by atoms with Crippen molar-refractivity contribution >= 4 is 27.3 Å². The van der Waals surface area contributed by atoms with E-state index in [0.717, 1.165) is 12.8 Å². The van der Waals surface area contributed by atoms with Gasteiger partial charge >= 0.3 is 0 Å². The first-order chi connectivity index (χ1) is 8.84. The van der Waals surface area contributed by atoms with Crippen LogP contribution >= 0.6 is 11.6 Å². The molecule has 0 saturated carbocycles. The third-order valence-electron chi connectivity index (χ3n) is 3.58. The van der Waals surface area contributed by atoms with Crippen molar-refractivity contribution in [1.82, 2.24) is 4.31 Å². The van der Waals surface area contributed by atoms with E-state index < -0.39 is 10.0 Å². The zero-order valence-corrected chi connectivity index (χ0v) is 12.7. The second-order valence-electron chi connectivity index (χ2n) is 5.25. The molecule has 1 unspecified atom stereocenters. The van der Waals surface area contributed by atoms with E-state index in [0.29, 0.717) is 11.6 Å². The topological polar surface area (TPSA) is 63.4 Å². The fourth-order valence-electron chi connectivity index (χ4n) is 2.59. The summed E-state index contributed by atoms with van der Waals surface area (Å²) < 4.78 is 27.0. The molecule has 1 aromatic carbocycles. The van der Waals surface area contributed by atoms with E-state index in [1.54, 1.807) is 10.4 Å². The lowest BCUT2D eigenvalue weighted by atomic mass is 10.0. The Kier molecular flexibility index (Phi) is 4.08. The molecule has 0 spiro atoms. The zero-order chi connectivity index (χ0) is 14.2. The molecule has 19 heavy (non-hydrogen) atoms. The number of nitrogens with two attached hydrogens (primary N) is 1. The van der Waals surface area contributed by atoms with Gasteiger partial charge in [0.2, 0.25) is 10.0 Å². The second-order valence-corrected chi connectivity index (χ2v) is 7.55. The molecule has 2 N–H and O–H groups in total. The molecule has 2 rings (SSSR count). The predicted octanol–water partition coefficient (Wildman–Crippen LogP) is 2.73. The Hall–Kier alpha value is -0.780. The summed E-state index contributed by atoms with van der Waals surface area (Å²) in [6.07, 6.45) is 1.79. The highest BCUT2D eigenvalue weighted by Gasteiger charge is 2.37. The Morgan fingerprint density at radius 3 is 2.74 bits per heavy atom. The number of halogens is 1. The van der Waals surface area contributed by atoms with Gasteiger partial charge in [-0.2, -0.15) is 4.31 Å². The maximum atomic E-state index is 12.7. The number of hydrogen-bond donors (Lipinski definition) is 1. The normalized spacial score (nSPS) is 21.2. The molecule has 1 aromatic rings. The monoisotopic (exact) mass is 302 g/mol. The van der Waals surface area contributed by atoms with Crippen LogP contribution in [-0.4, -0.2) is 25.3 Å². The summed E-state index contributed by atoms with van der Waals surface area (Å²) in [7, 11) is -3.56. The highest BCUT2D eigenvalue weighted by atomic mass is 35.5. The van der Waals surface area contributed by atoms with E-state index in [4.69, 9.17) is 17.3 Å². The number of rotatable bonds is 3. The highest BCUT2D eigenvalue weighted by Crippen LogP contribution is 2.33. The van der Waals surface area contributed by atoms with Crippen LogP contribution < -0.4 is 5.73 Å². The van der Waals surface area contributed by atoms with Crippen molar-refractivity contribution < 1.29 is 8.42 Å². The average Bonchev–Trinajstić information content (AvgIpc) is 2.82. The molecular weight excluding hydrogens is 284 g/mol. The van der Waals surface area contributed by atoms with Crippen molar-refractivity contribution in [3.63, 3.8) is 0 Å². The fourth-order valence-corrected chi connectivity index (χ4v) is 4.79. The number of nitrogens with zero attached hydrogens (tertiary/aromatic N) is 1. The quantitative estimate of drug-likeness (QED) is 0.873. The van der Waals surface area contributed by atoms with Gasteiger partial charge in [-0.1, -0.05) is 25.4 Å². The van der Waals surface area contributed by atoms with E-state index in [9.17, 15) is 8.42 Å². The lowest BCUT2D eigenvalue weighted by Gasteiger charge is -2.27. The first-order valence-corrected chi connectivity index (χ1v) is 8.22. The predicted molar refractivity (Wildman–Crippen MR) is 77.6 cm³/mol. The maximum absolute atomic E-state index is 12.7. The van der Waals surface area contributed by atoms with Crippen molar-refractivity contribution in [1.29, 1.82) is 0 Å². The summed E-state index contributed by atoms with van der Waals surface area (Å²) >= 11 is 5.89. The molecule has 0 aromatic heterocycles. The molecule has 1 aliphatic heterocycles. The third kappa shape index (κ3) is 2.73. The fraction of sp³-hybridized carbons (Fsp3) is 0.538. The van der Waals surface area contributed by atoms with E-state index in [1.807, 2.05) is 13.8 Å². The third-order valence-corrected chi connectivity index (χ3v) is 5.80. The molecule has 1 aliphatic rings. The van der Waals surface area contributed by atoms with Gasteiger partial charge in [0.25, 0.3) is 0 Å². The maximum Gasteiger partial charge on any atom is 0.245 e. The van der Waals surface area contributed by atoms with Crippen molar-refractivity contribution in [2.24, 2.45) is 5.92 Å². The van der Waals surface area contributed by atoms with Crippen LogP contribution in [0, 0.1) is 5.92 Å². The Bertz CT molecular complexity index is 572. The summed E-state index contributed by atoms with van der Waals surface area (Å²) in [5, 5.41) is 0.382. The summed E-state index contributed by atoms with van der Waals surface area (Å²) in [5.41, 5.74) is 6.05. The number of benzene rings is 1. The van der Waals surface area contributed by atoms with Crippen LogP contribution in [0.25, 0.3) is 0 Å². The van der Waals surface area contributed by atoms with E-state index >= 15 is 0 Å². The van der Waals surface area contributed by atoms with Gasteiger partial charge in [-0.05, 0) is 37.0 Å². The van der Waals surface area contributed by atoms with Gasteiger partial charge in [0.05, 0.1) is 5.69 Å². The standard InChI is InChI=1S/C13H19ClN2O2S/c1-9(2)12-4-3-7-16(12)19(17,18)13-8-10(14)5-6-11(13)15/h5-6,8-9,12H,3-4,7,15H2,1-2H3. The summed E-state index contributed by atoms with van der Waals surface area (Å²) in [5.74, 6) is 0.290. The van der Waals surface area contributed by atoms with E-state index in [2.05, 4.69) is 0 Å². The van der Waals surface area contributed by atoms with Crippen molar-refractivity contribution in [2.75, 3.05) is 12.3 Å². The molecule has 1 atom stereocenters. The number of sulfonamides is 1. The molecule has 1 fully saturated rings. The molecular formula is C13H19ClN2O2S. The summed E-state index contributed by atoms with van der Waals surface area (Å²) in [6, 6.07) is 4.61. The largest absolute Gasteiger partial charge is 0.398 e. The first kappa shape index (κ1) is 14.6. The van der Waals surface area contributed by atoms with Crippen LogP contribution in [0.4, 0.5) is 5.69 Å². The SMILES string of the molecule is CC(C)C1CCCN1S(=O)(=O)c1cc(Cl)ccc1N. The first-order valence-electron chi connectivity index (χ1n) is 6.41. The van der Waals surface area contributed by atoms with Gasteiger partial charge in [0, 0.05) is 17.6 Å². The van der Waals surface area contributed by atoms with Gasteiger partial charge in [-0.15, -0.1) is 0 Å². The van der Waals surface area contributed by atoms with Crippen LogP contribution in [0.15, 0.2) is 23.1 Å². The lowest BCUT2D eigenvalue weighted by molar-refractivity contribution is 0.316. The van der Waals surface area contributed by atoms with Crippen molar-refractivity contribution in [3.05, 3.63) is 23.2 Å². The second kappa shape index (κ2) is 5.31. The molecule has 0 radical (unpaired) electrons. The number of anilines is 1. The molecule has 4 nitrogen and oxygen atoms in total. The van der Waals surface area contributed by atoms with Crippen LogP contribution in [0.2, 0.25) is 5.02 Å². The van der Waals surface area contributed by atoms with Gasteiger partial charge in [0.15, 0.2) is 0 Å². The smallest absolute Gasteiger partial charge is 0.245 e. The highest BCUT2D eigenvalue weighted by molar-refractivity contribution is 7.89. The van der Waals surface area contributed by atoms with Gasteiger partial charge in [0.1, 0.15) is 4.90 Å². The minimum atomic E-state index is -3.56. The summed E-state index contributed by atoms with van der Waals surface area (Å²) in [6.45, 7) is 4.64. The summed E-state index contributed by atoms with van der Waals surface area (Å²) in [4.78, 5) is 0.118. The molecule has 106 valence electrons. The number of nitrogen functional groups attached to an aromatic ring is 1. The van der Waals surface area contributed by atoms with E-state index in [1.165, 1.54) is 12.1 Å².